The van der Waals surface area contributed by atoms with Crippen molar-refractivity contribution in [3.8, 4) is 0 Å². The standard InChI is InChI=1S/C18H14ClN5OS/c19-13-7-5-12(6-8-13)9-20-16(25)10-26-18-22-17-14-3-1-2-4-15(14)21-11-24(17)23-18/h1-8,11H,9-10H2,(H,20,25). The molecule has 1 N–H and O–H groups in total. The topological polar surface area (TPSA) is 72.2 Å². The highest BCUT2D eigenvalue weighted by atomic mass is 35.5. The van der Waals surface area contributed by atoms with Crippen LogP contribution in [0.1, 0.15) is 5.56 Å². The van der Waals surface area contributed by atoms with Gasteiger partial charge in [-0.2, -0.15) is 0 Å². The molecule has 0 bridgehead atoms. The van der Waals surface area contributed by atoms with Crippen molar-refractivity contribution >= 4 is 45.8 Å². The number of para-hydroxylation sites is 1. The van der Waals surface area contributed by atoms with Gasteiger partial charge in [-0.1, -0.05) is 47.6 Å². The van der Waals surface area contributed by atoms with Crippen LogP contribution in [0, 0.1) is 0 Å². The first-order chi connectivity index (χ1) is 12.7. The third kappa shape index (κ3) is 3.63. The normalized spacial score (nSPS) is 11.1. The molecule has 0 aliphatic heterocycles. The molecular weight excluding hydrogens is 370 g/mol. The van der Waals surface area contributed by atoms with E-state index in [0.29, 0.717) is 16.7 Å². The minimum absolute atomic E-state index is 0.0770. The van der Waals surface area contributed by atoms with Crippen LogP contribution in [0.4, 0.5) is 0 Å². The summed E-state index contributed by atoms with van der Waals surface area (Å²) in [6.45, 7) is 0.462. The van der Waals surface area contributed by atoms with E-state index in [0.717, 1.165) is 22.1 Å². The van der Waals surface area contributed by atoms with Crippen molar-refractivity contribution in [2.75, 3.05) is 5.75 Å². The average molecular weight is 384 g/mol. The monoisotopic (exact) mass is 383 g/mol. The number of hydrogen-bond donors (Lipinski definition) is 1. The molecule has 8 heteroatoms. The molecular formula is C18H14ClN5OS. The molecule has 26 heavy (non-hydrogen) atoms. The van der Waals surface area contributed by atoms with Crippen molar-refractivity contribution in [2.45, 2.75) is 11.7 Å². The van der Waals surface area contributed by atoms with Gasteiger partial charge in [0.1, 0.15) is 6.33 Å². The predicted octanol–water partition coefficient (Wildman–Crippen LogP) is 3.34. The second-order valence-corrected chi connectivity index (χ2v) is 7.00. The van der Waals surface area contributed by atoms with E-state index in [9.17, 15) is 4.79 Å². The fourth-order valence-corrected chi connectivity index (χ4v) is 3.29. The van der Waals surface area contributed by atoms with Gasteiger partial charge in [-0.3, -0.25) is 4.79 Å². The van der Waals surface area contributed by atoms with E-state index in [1.54, 1.807) is 23.0 Å². The Morgan fingerprint density at radius 2 is 1.96 bits per heavy atom. The molecule has 4 rings (SSSR count). The van der Waals surface area contributed by atoms with Gasteiger partial charge < -0.3 is 5.32 Å². The van der Waals surface area contributed by atoms with Crippen LogP contribution in [0.3, 0.4) is 0 Å². The van der Waals surface area contributed by atoms with E-state index in [4.69, 9.17) is 11.6 Å². The second-order valence-electron chi connectivity index (χ2n) is 5.62. The summed E-state index contributed by atoms with van der Waals surface area (Å²) in [7, 11) is 0. The van der Waals surface area contributed by atoms with Gasteiger partial charge in [0, 0.05) is 17.0 Å². The van der Waals surface area contributed by atoms with Crippen LogP contribution in [0.5, 0.6) is 0 Å². The first-order valence-electron chi connectivity index (χ1n) is 7.93. The van der Waals surface area contributed by atoms with Crippen molar-refractivity contribution in [1.29, 1.82) is 0 Å². The van der Waals surface area contributed by atoms with E-state index >= 15 is 0 Å². The Kier molecular flexibility index (Phi) is 4.73. The van der Waals surface area contributed by atoms with Crippen molar-refractivity contribution < 1.29 is 4.79 Å². The summed E-state index contributed by atoms with van der Waals surface area (Å²) in [6.07, 6.45) is 1.63. The van der Waals surface area contributed by atoms with Crippen LogP contribution >= 0.6 is 23.4 Å². The van der Waals surface area contributed by atoms with Crippen molar-refractivity contribution in [1.82, 2.24) is 24.9 Å². The number of halogens is 1. The Balaban J connectivity index is 1.40. The first kappa shape index (κ1) is 16.8. The average Bonchev–Trinajstić information content (AvgIpc) is 3.09. The minimum atomic E-state index is -0.0770. The van der Waals surface area contributed by atoms with Crippen LogP contribution in [0.2, 0.25) is 5.02 Å². The quantitative estimate of drug-likeness (QED) is 0.535. The van der Waals surface area contributed by atoms with Gasteiger partial charge in [0.05, 0.1) is 11.3 Å². The lowest BCUT2D eigenvalue weighted by atomic mass is 10.2. The molecule has 6 nitrogen and oxygen atoms in total. The molecule has 2 aromatic heterocycles. The maximum atomic E-state index is 12.1. The van der Waals surface area contributed by atoms with Crippen LogP contribution in [0.15, 0.2) is 60.0 Å². The first-order valence-corrected chi connectivity index (χ1v) is 9.29. The van der Waals surface area contributed by atoms with Gasteiger partial charge in [0.15, 0.2) is 5.65 Å². The van der Waals surface area contributed by atoms with E-state index < -0.39 is 0 Å². The van der Waals surface area contributed by atoms with Crippen LogP contribution in [-0.2, 0) is 11.3 Å². The third-order valence-electron chi connectivity index (χ3n) is 3.80. The number of carbonyl (C=O) groups is 1. The van der Waals surface area contributed by atoms with E-state index in [-0.39, 0.29) is 11.7 Å². The second kappa shape index (κ2) is 7.31. The Morgan fingerprint density at radius 3 is 2.81 bits per heavy atom. The molecule has 0 unspecified atom stereocenters. The number of nitrogens with zero attached hydrogens (tertiary/aromatic N) is 4. The predicted molar refractivity (Wildman–Crippen MR) is 102 cm³/mol. The highest BCUT2D eigenvalue weighted by Crippen LogP contribution is 2.20. The molecule has 0 saturated heterocycles. The summed E-state index contributed by atoms with van der Waals surface area (Å²) < 4.78 is 1.64. The molecule has 2 heterocycles. The molecule has 1 amide bonds. The van der Waals surface area contributed by atoms with Gasteiger partial charge in [-0.15, -0.1) is 5.10 Å². The van der Waals surface area contributed by atoms with Gasteiger partial charge in [0.2, 0.25) is 11.1 Å². The van der Waals surface area contributed by atoms with Gasteiger partial charge in [0.25, 0.3) is 0 Å². The lowest BCUT2D eigenvalue weighted by Gasteiger charge is -2.04. The maximum Gasteiger partial charge on any atom is 0.230 e. The van der Waals surface area contributed by atoms with Crippen LogP contribution in [-0.4, -0.2) is 31.2 Å². The Morgan fingerprint density at radius 1 is 1.15 bits per heavy atom. The number of hydrogen-bond acceptors (Lipinski definition) is 5. The molecule has 130 valence electrons. The number of fused-ring (bicyclic) bond motifs is 3. The molecule has 0 atom stereocenters. The Labute approximate surface area is 158 Å². The SMILES string of the molecule is O=C(CSc1nc2c3ccccc3ncn2n1)NCc1ccc(Cl)cc1. The maximum absolute atomic E-state index is 12.1. The van der Waals surface area contributed by atoms with E-state index in [1.165, 1.54) is 11.8 Å². The summed E-state index contributed by atoms with van der Waals surface area (Å²) in [5.74, 6) is 0.169. The van der Waals surface area contributed by atoms with E-state index in [1.807, 2.05) is 36.4 Å². The summed E-state index contributed by atoms with van der Waals surface area (Å²) in [4.78, 5) is 20.9. The molecule has 0 fully saturated rings. The zero-order chi connectivity index (χ0) is 17.9. The Hall–Kier alpha value is -2.64. The number of amides is 1. The third-order valence-corrected chi connectivity index (χ3v) is 4.89. The minimum Gasteiger partial charge on any atom is -0.351 e. The van der Waals surface area contributed by atoms with Gasteiger partial charge in [-0.25, -0.2) is 14.5 Å². The number of aromatic nitrogens is 4. The summed E-state index contributed by atoms with van der Waals surface area (Å²) in [6, 6.07) is 15.1. The van der Waals surface area contributed by atoms with Crippen molar-refractivity contribution in [3.05, 3.63) is 65.4 Å². The van der Waals surface area contributed by atoms with Crippen LogP contribution < -0.4 is 5.32 Å². The highest BCUT2D eigenvalue weighted by molar-refractivity contribution is 7.99. The number of nitrogens with one attached hydrogen (secondary N) is 1. The lowest BCUT2D eigenvalue weighted by molar-refractivity contribution is -0.118. The highest BCUT2D eigenvalue weighted by Gasteiger charge is 2.10. The molecule has 0 spiro atoms. The Bertz CT molecular complexity index is 1080. The summed E-state index contributed by atoms with van der Waals surface area (Å²) in [5.41, 5.74) is 2.60. The fraction of sp³-hybridized carbons (Fsp3) is 0.111. The number of rotatable bonds is 5. The summed E-state index contributed by atoms with van der Waals surface area (Å²) >= 11 is 7.15. The molecule has 2 aromatic carbocycles. The zero-order valence-electron chi connectivity index (χ0n) is 13.6. The van der Waals surface area contributed by atoms with Crippen molar-refractivity contribution in [2.24, 2.45) is 0 Å². The lowest BCUT2D eigenvalue weighted by Crippen LogP contribution is -2.24. The van der Waals surface area contributed by atoms with Crippen molar-refractivity contribution in [3.63, 3.8) is 0 Å². The molecule has 0 aliphatic carbocycles. The number of benzene rings is 2. The molecule has 4 aromatic rings. The fourth-order valence-electron chi connectivity index (χ4n) is 2.51. The van der Waals surface area contributed by atoms with Crippen LogP contribution in [0.25, 0.3) is 16.6 Å². The van der Waals surface area contributed by atoms with E-state index in [2.05, 4.69) is 20.4 Å². The smallest absolute Gasteiger partial charge is 0.230 e. The number of thioether (sulfide) groups is 1. The molecule has 0 saturated carbocycles. The molecule has 0 radical (unpaired) electrons. The summed E-state index contributed by atoms with van der Waals surface area (Å²) in [5, 5.41) is 9.40. The largest absolute Gasteiger partial charge is 0.351 e. The van der Waals surface area contributed by atoms with Gasteiger partial charge in [-0.05, 0) is 29.8 Å². The number of carbonyl (C=O) groups excluding carboxylic acids is 1. The zero-order valence-corrected chi connectivity index (χ0v) is 15.2. The molecule has 0 aliphatic rings. The van der Waals surface area contributed by atoms with Gasteiger partial charge >= 0.3 is 0 Å².